The number of benzene rings is 1. The summed E-state index contributed by atoms with van der Waals surface area (Å²) in [5.74, 6) is -0.347. The van der Waals surface area contributed by atoms with Crippen molar-refractivity contribution < 1.29 is 27.4 Å². The van der Waals surface area contributed by atoms with Crippen molar-refractivity contribution in [2.75, 3.05) is 6.54 Å². The predicted molar refractivity (Wildman–Crippen MR) is 90.2 cm³/mol. The van der Waals surface area contributed by atoms with Crippen molar-refractivity contribution in [2.24, 2.45) is 0 Å². The largest absolute Gasteiger partial charge is 0.573 e. The Balaban J connectivity index is 3.05. The Hall–Kier alpha value is -2.18. The van der Waals surface area contributed by atoms with Gasteiger partial charge in [0.2, 0.25) is 0 Å². The molecular weight excluding hydrogens is 335 g/mol. The van der Waals surface area contributed by atoms with Gasteiger partial charge in [-0.25, -0.2) is 4.79 Å². The first-order chi connectivity index (χ1) is 11.4. The second-order valence-corrected chi connectivity index (χ2v) is 6.56. The van der Waals surface area contributed by atoms with Gasteiger partial charge in [0.15, 0.2) is 0 Å². The number of alkyl halides is 3. The van der Waals surface area contributed by atoms with Crippen LogP contribution in [0.4, 0.5) is 18.0 Å². The summed E-state index contributed by atoms with van der Waals surface area (Å²) in [6.07, 6.45) is -3.20. The van der Waals surface area contributed by atoms with Gasteiger partial charge in [0.1, 0.15) is 11.4 Å². The average molecular weight is 359 g/mol. The standard InChI is InChI=1S/C18H24F3NO3/c1-6-8-22(16(23)25-17(3,4)5)12-14-9-13(7-2)10-15(11-14)24-18(19,20)21/h7,9-11H,2,6,8,12H2,1,3-5H3. The number of rotatable bonds is 6. The molecule has 0 aromatic heterocycles. The SMILES string of the molecule is C=Cc1cc(CN(CCC)C(=O)OC(C)(C)C)cc(OC(F)(F)F)c1. The Morgan fingerprint density at radius 1 is 1.24 bits per heavy atom. The Kier molecular flexibility index (Phi) is 6.90. The number of halogens is 3. The molecule has 7 heteroatoms. The van der Waals surface area contributed by atoms with Crippen LogP contribution in [-0.4, -0.2) is 29.5 Å². The Morgan fingerprint density at radius 2 is 1.88 bits per heavy atom. The molecule has 0 spiro atoms. The van der Waals surface area contributed by atoms with Crippen molar-refractivity contribution in [3.05, 3.63) is 35.9 Å². The molecule has 0 aliphatic carbocycles. The molecule has 0 aliphatic heterocycles. The molecule has 0 heterocycles. The summed E-state index contributed by atoms with van der Waals surface area (Å²) in [6, 6.07) is 4.15. The number of carbonyl (C=O) groups excluding carboxylic acids is 1. The van der Waals surface area contributed by atoms with E-state index in [9.17, 15) is 18.0 Å². The molecule has 1 aromatic carbocycles. The highest BCUT2D eigenvalue weighted by atomic mass is 19.4. The molecule has 0 aliphatic rings. The maximum Gasteiger partial charge on any atom is 0.573 e. The molecule has 1 amide bonds. The molecule has 0 N–H and O–H groups in total. The summed E-state index contributed by atoms with van der Waals surface area (Å²) in [4.78, 5) is 13.7. The van der Waals surface area contributed by atoms with Crippen molar-refractivity contribution in [2.45, 2.75) is 52.6 Å². The van der Waals surface area contributed by atoms with Crippen LogP contribution in [0, 0.1) is 0 Å². The Labute approximate surface area is 146 Å². The van der Waals surface area contributed by atoms with Gasteiger partial charge in [-0.15, -0.1) is 13.2 Å². The van der Waals surface area contributed by atoms with E-state index < -0.39 is 18.1 Å². The number of ether oxygens (including phenoxy) is 2. The fourth-order valence-electron chi connectivity index (χ4n) is 2.14. The predicted octanol–water partition coefficient (Wildman–Crippen LogP) is 5.38. The quantitative estimate of drug-likeness (QED) is 0.685. The number of carbonyl (C=O) groups is 1. The molecule has 0 saturated heterocycles. The van der Waals surface area contributed by atoms with Gasteiger partial charge in [-0.3, -0.25) is 0 Å². The number of amides is 1. The van der Waals surface area contributed by atoms with Crippen LogP contribution >= 0.6 is 0 Å². The van der Waals surface area contributed by atoms with E-state index >= 15 is 0 Å². The highest BCUT2D eigenvalue weighted by Crippen LogP contribution is 2.26. The zero-order valence-electron chi connectivity index (χ0n) is 14.9. The summed E-state index contributed by atoms with van der Waals surface area (Å²) >= 11 is 0. The molecule has 140 valence electrons. The van der Waals surface area contributed by atoms with E-state index in [2.05, 4.69) is 11.3 Å². The maximum atomic E-state index is 12.5. The first-order valence-corrected chi connectivity index (χ1v) is 7.93. The molecule has 0 fully saturated rings. The zero-order chi connectivity index (χ0) is 19.3. The molecule has 0 bridgehead atoms. The van der Waals surface area contributed by atoms with Gasteiger partial charge in [-0.1, -0.05) is 19.6 Å². The van der Waals surface area contributed by atoms with Crippen molar-refractivity contribution >= 4 is 12.2 Å². The average Bonchev–Trinajstić information content (AvgIpc) is 2.42. The van der Waals surface area contributed by atoms with Crippen molar-refractivity contribution in [1.29, 1.82) is 0 Å². The zero-order valence-corrected chi connectivity index (χ0v) is 14.9. The summed E-state index contributed by atoms with van der Waals surface area (Å²) in [7, 11) is 0. The molecule has 1 rings (SSSR count). The van der Waals surface area contributed by atoms with Crippen LogP contribution in [0.3, 0.4) is 0 Å². The molecule has 0 saturated carbocycles. The lowest BCUT2D eigenvalue weighted by Crippen LogP contribution is -2.36. The van der Waals surface area contributed by atoms with E-state index in [1.165, 1.54) is 23.1 Å². The third-order valence-electron chi connectivity index (χ3n) is 2.98. The number of nitrogens with zero attached hydrogens (tertiary/aromatic N) is 1. The Bertz CT molecular complexity index is 607. The van der Waals surface area contributed by atoms with Crippen LogP contribution in [0.1, 0.15) is 45.2 Å². The highest BCUT2D eigenvalue weighted by Gasteiger charge is 2.31. The smallest absolute Gasteiger partial charge is 0.444 e. The lowest BCUT2D eigenvalue weighted by molar-refractivity contribution is -0.274. The van der Waals surface area contributed by atoms with Gasteiger partial charge in [0.05, 0.1) is 0 Å². The molecule has 25 heavy (non-hydrogen) atoms. The van der Waals surface area contributed by atoms with Gasteiger partial charge >= 0.3 is 12.5 Å². The van der Waals surface area contributed by atoms with E-state index in [0.717, 1.165) is 0 Å². The third kappa shape index (κ3) is 7.96. The monoisotopic (exact) mass is 359 g/mol. The van der Waals surface area contributed by atoms with Crippen molar-refractivity contribution in [3.8, 4) is 5.75 Å². The molecule has 0 radical (unpaired) electrons. The molecule has 0 unspecified atom stereocenters. The van der Waals surface area contributed by atoms with Crippen LogP contribution in [0.2, 0.25) is 0 Å². The third-order valence-corrected chi connectivity index (χ3v) is 2.98. The first kappa shape index (κ1) is 20.9. The lowest BCUT2D eigenvalue weighted by atomic mass is 10.1. The number of hydrogen-bond donors (Lipinski definition) is 0. The van der Waals surface area contributed by atoms with Crippen LogP contribution in [0.5, 0.6) is 5.75 Å². The van der Waals surface area contributed by atoms with E-state index in [1.807, 2.05) is 6.92 Å². The summed E-state index contributed by atoms with van der Waals surface area (Å²) in [5.41, 5.74) is 0.310. The van der Waals surface area contributed by atoms with Gasteiger partial charge < -0.3 is 14.4 Å². The van der Waals surface area contributed by atoms with Crippen molar-refractivity contribution in [1.82, 2.24) is 4.90 Å². The van der Waals surface area contributed by atoms with Gasteiger partial charge in [-0.2, -0.15) is 0 Å². The van der Waals surface area contributed by atoms with E-state index in [1.54, 1.807) is 26.8 Å². The second kappa shape index (κ2) is 8.27. The molecule has 1 aromatic rings. The fourth-order valence-corrected chi connectivity index (χ4v) is 2.14. The summed E-state index contributed by atoms with van der Waals surface area (Å²) < 4.78 is 46.8. The van der Waals surface area contributed by atoms with E-state index in [4.69, 9.17) is 4.74 Å². The first-order valence-electron chi connectivity index (χ1n) is 7.93. The molecule has 4 nitrogen and oxygen atoms in total. The van der Waals surface area contributed by atoms with Gasteiger partial charge in [-0.05, 0) is 56.5 Å². The Morgan fingerprint density at radius 3 is 2.36 bits per heavy atom. The second-order valence-electron chi connectivity index (χ2n) is 6.56. The van der Waals surface area contributed by atoms with Crippen LogP contribution in [0.15, 0.2) is 24.8 Å². The van der Waals surface area contributed by atoms with E-state index in [0.29, 0.717) is 24.1 Å². The summed E-state index contributed by atoms with van der Waals surface area (Å²) in [6.45, 7) is 11.3. The number of hydrogen-bond acceptors (Lipinski definition) is 3. The minimum atomic E-state index is -4.79. The fraction of sp³-hybridized carbons (Fsp3) is 0.500. The maximum absolute atomic E-state index is 12.5. The molecular formula is C18H24F3NO3. The normalized spacial score (nSPS) is 11.8. The van der Waals surface area contributed by atoms with Gasteiger partial charge in [0, 0.05) is 13.1 Å². The molecule has 0 atom stereocenters. The van der Waals surface area contributed by atoms with E-state index in [-0.39, 0.29) is 12.3 Å². The minimum absolute atomic E-state index is 0.110. The van der Waals surface area contributed by atoms with Crippen LogP contribution in [-0.2, 0) is 11.3 Å². The lowest BCUT2D eigenvalue weighted by Gasteiger charge is -2.27. The van der Waals surface area contributed by atoms with Crippen molar-refractivity contribution in [3.63, 3.8) is 0 Å². The highest BCUT2D eigenvalue weighted by molar-refractivity contribution is 5.68. The topological polar surface area (TPSA) is 38.8 Å². The van der Waals surface area contributed by atoms with Crippen LogP contribution in [0.25, 0.3) is 6.08 Å². The van der Waals surface area contributed by atoms with Gasteiger partial charge in [0.25, 0.3) is 0 Å². The summed E-state index contributed by atoms with van der Waals surface area (Å²) in [5, 5.41) is 0. The minimum Gasteiger partial charge on any atom is -0.444 e. The van der Waals surface area contributed by atoms with Crippen LogP contribution < -0.4 is 4.74 Å².